The Morgan fingerprint density at radius 2 is 2.20 bits per heavy atom. The third kappa shape index (κ3) is 2.42. The van der Waals surface area contributed by atoms with Crippen LogP contribution in [0.4, 0.5) is 5.69 Å². The third-order valence-corrected chi connectivity index (χ3v) is 4.94. The summed E-state index contributed by atoms with van der Waals surface area (Å²) in [7, 11) is 0. The van der Waals surface area contributed by atoms with E-state index in [2.05, 4.69) is 24.4 Å². The molecule has 2 bridgehead atoms. The Balaban J connectivity index is 1.75. The number of hydrogen-bond acceptors (Lipinski definition) is 2. The van der Waals surface area contributed by atoms with Crippen molar-refractivity contribution in [2.75, 3.05) is 5.32 Å². The first kappa shape index (κ1) is 13.5. The van der Waals surface area contributed by atoms with E-state index in [1.165, 1.54) is 12.8 Å². The zero-order valence-corrected chi connectivity index (χ0v) is 12.2. The standard InChI is InChI=1S/C16H19ClN2O/c1-9(13-7-10-2-3-11(13)6-10)19-15-8-12(16(18)20)4-5-14(15)17/h2-5,8-11,13,19H,6-7H2,1H3,(H2,18,20). The molecule has 0 aliphatic heterocycles. The fourth-order valence-electron chi connectivity index (χ4n) is 3.54. The van der Waals surface area contributed by atoms with Gasteiger partial charge in [-0.25, -0.2) is 0 Å². The van der Waals surface area contributed by atoms with Gasteiger partial charge in [-0.3, -0.25) is 4.79 Å². The summed E-state index contributed by atoms with van der Waals surface area (Å²) in [6.07, 6.45) is 7.21. The number of anilines is 1. The van der Waals surface area contributed by atoms with Gasteiger partial charge in [0, 0.05) is 11.6 Å². The number of amides is 1. The lowest BCUT2D eigenvalue weighted by atomic mass is 9.87. The van der Waals surface area contributed by atoms with Crippen molar-refractivity contribution < 1.29 is 4.79 Å². The first-order valence-electron chi connectivity index (χ1n) is 7.09. The van der Waals surface area contributed by atoms with Crippen LogP contribution in [0.25, 0.3) is 0 Å². The van der Waals surface area contributed by atoms with Crippen LogP contribution in [0.15, 0.2) is 30.4 Å². The monoisotopic (exact) mass is 290 g/mol. The number of hydrogen-bond donors (Lipinski definition) is 2. The van der Waals surface area contributed by atoms with E-state index in [9.17, 15) is 4.79 Å². The van der Waals surface area contributed by atoms with Crippen LogP contribution in [-0.4, -0.2) is 11.9 Å². The number of allylic oxidation sites excluding steroid dienone is 2. The van der Waals surface area contributed by atoms with Gasteiger partial charge in [0.1, 0.15) is 0 Å². The molecule has 1 amide bonds. The average Bonchev–Trinajstić information content (AvgIpc) is 3.03. The fourth-order valence-corrected chi connectivity index (χ4v) is 3.71. The third-order valence-electron chi connectivity index (χ3n) is 4.61. The molecule has 4 heteroatoms. The number of benzene rings is 1. The van der Waals surface area contributed by atoms with Crippen LogP contribution in [-0.2, 0) is 0 Å². The summed E-state index contributed by atoms with van der Waals surface area (Å²) in [6, 6.07) is 5.44. The highest BCUT2D eigenvalue weighted by Crippen LogP contribution is 2.45. The summed E-state index contributed by atoms with van der Waals surface area (Å²) in [5.74, 6) is 1.64. The van der Waals surface area contributed by atoms with Crippen molar-refractivity contribution in [3.8, 4) is 0 Å². The smallest absolute Gasteiger partial charge is 0.248 e. The fraction of sp³-hybridized carbons (Fsp3) is 0.438. The quantitative estimate of drug-likeness (QED) is 0.835. The molecule has 0 saturated heterocycles. The highest BCUT2D eigenvalue weighted by molar-refractivity contribution is 6.33. The summed E-state index contributed by atoms with van der Waals surface area (Å²) in [5, 5.41) is 4.08. The number of nitrogens with one attached hydrogen (secondary N) is 1. The Kier molecular flexibility index (Phi) is 3.47. The van der Waals surface area contributed by atoms with Gasteiger partial charge in [-0.05, 0) is 55.7 Å². The molecule has 20 heavy (non-hydrogen) atoms. The molecular formula is C16H19ClN2O. The normalized spacial score (nSPS) is 28.6. The Hall–Kier alpha value is -1.48. The molecule has 0 spiro atoms. The maximum Gasteiger partial charge on any atom is 0.248 e. The van der Waals surface area contributed by atoms with Crippen molar-refractivity contribution in [2.24, 2.45) is 23.5 Å². The Morgan fingerprint density at radius 1 is 1.40 bits per heavy atom. The van der Waals surface area contributed by atoms with Gasteiger partial charge < -0.3 is 11.1 Å². The maximum atomic E-state index is 11.3. The molecule has 0 radical (unpaired) electrons. The molecule has 1 fully saturated rings. The molecule has 106 valence electrons. The molecule has 2 aliphatic rings. The van der Waals surface area contributed by atoms with E-state index in [0.29, 0.717) is 28.5 Å². The van der Waals surface area contributed by atoms with Crippen LogP contribution >= 0.6 is 11.6 Å². The number of primary amides is 1. The molecule has 1 aromatic rings. The molecule has 4 unspecified atom stereocenters. The predicted molar refractivity (Wildman–Crippen MR) is 81.9 cm³/mol. The summed E-state index contributed by atoms with van der Waals surface area (Å²) in [5.41, 5.74) is 6.59. The van der Waals surface area contributed by atoms with Gasteiger partial charge in [0.2, 0.25) is 5.91 Å². The molecule has 3 N–H and O–H groups in total. The Morgan fingerprint density at radius 3 is 2.80 bits per heavy atom. The summed E-state index contributed by atoms with van der Waals surface area (Å²) < 4.78 is 0. The van der Waals surface area contributed by atoms with Crippen molar-refractivity contribution in [1.29, 1.82) is 0 Å². The lowest BCUT2D eigenvalue weighted by Gasteiger charge is -2.27. The van der Waals surface area contributed by atoms with Gasteiger partial charge in [0.25, 0.3) is 0 Å². The topological polar surface area (TPSA) is 55.1 Å². The molecule has 3 rings (SSSR count). The van der Waals surface area contributed by atoms with Gasteiger partial charge >= 0.3 is 0 Å². The van der Waals surface area contributed by atoms with Crippen LogP contribution in [0.1, 0.15) is 30.1 Å². The van der Waals surface area contributed by atoms with Crippen LogP contribution in [0.3, 0.4) is 0 Å². The molecule has 2 aliphatic carbocycles. The minimum Gasteiger partial charge on any atom is -0.381 e. The number of halogens is 1. The Bertz CT molecular complexity index is 570. The van der Waals surface area contributed by atoms with E-state index in [1.807, 2.05) is 0 Å². The zero-order chi connectivity index (χ0) is 14.3. The minimum absolute atomic E-state index is 0.329. The predicted octanol–water partition coefficient (Wildman–Crippen LogP) is 3.45. The summed E-state index contributed by atoms with van der Waals surface area (Å²) >= 11 is 6.20. The van der Waals surface area contributed by atoms with Crippen molar-refractivity contribution in [2.45, 2.75) is 25.8 Å². The van der Waals surface area contributed by atoms with Crippen LogP contribution in [0.2, 0.25) is 5.02 Å². The maximum absolute atomic E-state index is 11.3. The molecule has 1 saturated carbocycles. The number of nitrogens with two attached hydrogens (primary N) is 1. The first-order valence-corrected chi connectivity index (χ1v) is 7.46. The number of carbonyl (C=O) groups is 1. The molecule has 0 heterocycles. The van der Waals surface area contributed by atoms with Gasteiger partial charge in [-0.1, -0.05) is 23.8 Å². The first-order chi connectivity index (χ1) is 9.54. The van der Waals surface area contributed by atoms with E-state index in [0.717, 1.165) is 11.6 Å². The molecular weight excluding hydrogens is 272 g/mol. The summed E-state index contributed by atoms with van der Waals surface area (Å²) in [6.45, 7) is 2.19. The van der Waals surface area contributed by atoms with Gasteiger partial charge in [0.05, 0.1) is 10.7 Å². The second kappa shape index (κ2) is 5.13. The van der Waals surface area contributed by atoms with Crippen molar-refractivity contribution in [3.63, 3.8) is 0 Å². The summed E-state index contributed by atoms with van der Waals surface area (Å²) in [4.78, 5) is 11.3. The molecule has 0 aromatic heterocycles. The minimum atomic E-state index is -0.430. The van der Waals surface area contributed by atoms with E-state index in [4.69, 9.17) is 17.3 Å². The van der Waals surface area contributed by atoms with Crippen LogP contribution < -0.4 is 11.1 Å². The van der Waals surface area contributed by atoms with E-state index in [-0.39, 0.29) is 0 Å². The van der Waals surface area contributed by atoms with Crippen molar-refractivity contribution >= 4 is 23.2 Å². The number of fused-ring (bicyclic) bond motifs is 2. The van der Waals surface area contributed by atoms with Gasteiger partial charge in [0.15, 0.2) is 0 Å². The second-order valence-corrected chi connectivity index (χ2v) is 6.34. The van der Waals surface area contributed by atoms with E-state index >= 15 is 0 Å². The average molecular weight is 291 g/mol. The molecule has 4 atom stereocenters. The van der Waals surface area contributed by atoms with Crippen molar-refractivity contribution in [1.82, 2.24) is 0 Å². The van der Waals surface area contributed by atoms with Crippen molar-refractivity contribution in [3.05, 3.63) is 40.9 Å². The molecule has 3 nitrogen and oxygen atoms in total. The zero-order valence-electron chi connectivity index (χ0n) is 11.5. The van der Waals surface area contributed by atoms with E-state index < -0.39 is 5.91 Å². The number of carbonyl (C=O) groups excluding carboxylic acids is 1. The van der Waals surface area contributed by atoms with Gasteiger partial charge in [-0.2, -0.15) is 0 Å². The second-order valence-electron chi connectivity index (χ2n) is 5.94. The highest BCUT2D eigenvalue weighted by atomic mass is 35.5. The van der Waals surface area contributed by atoms with Crippen LogP contribution in [0.5, 0.6) is 0 Å². The largest absolute Gasteiger partial charge is 0.381 e. The molecule has 1 aromatic carbocycles. The van der Waals surface area contributed by atoms with E-state index in [1.54, 1.807) is 18.2 Å². The lowest BCUT2D eigenvalue weighted by Crippen LogP contribution is -2.29. The Labute approximate surface area is 124 Å². The van der Waals surface area contributed by atoms with Crippen LogP contribution in [0, 0.1) is 17.8 Å². The number of rotatable bonds is 4. The SMILES string of the molecule is CC(Nc1cc(C(N)=O)ccc1Cl)C1CC2C=CC1C2. The lowest BCUT2D eigenvalue weighted by molar-refractivity contribution is 0.100. The van der Waals surface area contributed by atoms with Gasteiger partial charge in [-0.15, -0.1) is 0 Å². The highest BCUT2D eigenvalue weighted by Gasteiger charge is 2.38.